The predicted molar refractivity (Wildman–Crippen MR) is 129 cm³/mol. The fourth-order valence-corrected chi connectivity index (χ4v) is 5.10. The van der Waals surface area contributed by atoms with Crippen molar-refractivity contribution >= 4 is 50.4 Å². The van der Waals surface area contributed by atoms with Crippen molar-refractivity contribution in [2.45, 2.75) is 26.7 Å². The van der Waals surface area contributed by atoms with E-state index in [4.69, 9.17) is 0 Å². The van der Waals surface area contributed by atoms with Crippen LogP contribution >= 0.6 is 27.3 Å². The molecule has 0 aliphatic carbocycles. The van der Waals surface area contributed by atoms with Crippen LogP contribution < -0.4 is 15.1 Å². The summed E-state index contributed by atoms with van der Waals surface area (Å²) in [5.41, 5.74) is 3.86. The minimum Gasteiger partial charge on any atom is -0.366 e. The van der Waals surface area contributed by atoms with E-state index >= 15 is 0 Å². The van der Waals surface area contributed by atoms with Crippen LogP contribution in [-0.2, 0) is 0 Å². The summed E-state index contributed by atoms with van der Waals surface area (Å²) in [7, 11) is 0. The van der Waals surface area contributed by atoms with Crippen LogP contribution in [0.3, 0.4) is 0 Å². The first-order valence-corrected chi connectivity index (χ1v) is 11.9. The Bertz CT molecular complexity index is 1060. The van der Waals surface area contributed by atoms with Crippen molar-refractivity contribution in [3.63, 3.8) is 0 Å². The van der Waals surface area contributed by atoms with Gasteiger partial charge >= 0.3 is 0 Å². The zero-order valence-electron chi connectivity index (χ0n) is 17.8. The van der Waals surface area contributed by atoms with Gasteiger partial charge in [-0.1, -0.05) is 19.9 Å². The highest BCUT2D eigenvalue weighted by atomic mass is 79.9. The summed E-state index contributed by atoms with van der Waals surface area (Å²) in [4.78, 5) is 31.0. The third-order valence-electron chi connectivity index (χ3n) is 5.41. The number of hydrogen-bond acceptors (Lipinski definition) is 7. The van der Waals surface area contributed by atoms with E-state index in [0.717, 1.165) is 49.1 Å². The Hall–Kier alpha value is -2.52. The first-order valence-electron chi connectivity index (χ1n) is 10.3. The zero-order chi connectivity index (χ0) is 22.0. The normalized spacial score (nSPS) is 14.2. The van der Waals surface area contributed by atoms with Gasteiger partial charge < -0.3 is 15.1 Å². The summed E-state index contributed by atoms with van der Waals surface area (Å²) in [5.74, 6) is 1.18. The molecule has 1 saturated heterocycles. The Balaban J connectivity index is 1.56. The molecule has 3 heterocycles. The topological polar surface area (TPSA) is 74.2 Å². The van der Waals surface area contributed by atoms with Gasteiger partial charge in [-0.05, 0) is 46.5 Å². The molecule has 7 nitrogen and oxygen atoms in total. The lowest BCUT2D eigenvalue weighted by molar-refractivity contribution is 0.103. The lowest BCUT2D eigenvalue weighted by Crippen LogP contribution is -2.47. The number of aromatic nitrogens is 3. The van der Waals surface area contributed by atoms with Crippen LogP contribution in [0.1, 0.15) is 40.7 Å². The van der Waals surface area contributed by atoms with Crippen LogP contribution in [-0.4, -0.2) is 47.0 Å². The third-order valence-corrected chi connectivity index (χ3v) is 7.01. The Morgan fingerprint density at radius 3 is 2.52 bits per heavy atom. The Labute approximate surface area is 194 Å². The molecule has 1 aromatic carbocycles. The van der Waals surface area contributed by atoms with E-state index in [9.17, 15) is 4.79 Å². The number of nitrogens with zero attached hydrogens (tertiary/aromatic N) is 5. The molecule has 0 saturated carbocycles. The molecule has 0 unspecified atom stereocenters. The van der Waals surface area contributed by atoms with Gasteiger partial charge in [-0.25, -0.2) is 9.97 Å². The van der Waals surface area contributed by atoms with E-state index in [1.165, 1.54) is 16.9 Å². The molecule has 1 amide bonds. The standard InChI is InChI=1S/C22H25BrN6OS/c1-14(2)16-4-5-17(27-21(30)20-15(3)26-22(23)31-20)18(12-16)28-8-10-29(11-9-28)19-13-24-6-7-25-19/h4-7,12-14H,8-11H2,1-3H3,(H,27,30). The molecule has 1 aliphatic rings. The number of piperazine rings is 1. The molecule has 31 heavy (non-hydrogen) atoms. The summed E-state index contributed by atoms with van der Waals surface area (Å²) >= 11 is 4.72. The summed E-state index contributed by atoms with van der Waals surface area (Å²) in [6, 6.07) is 6.31. The van der Waals surface area contributed by atoms with Crippen molar-refractivity contribution in [2.24, 2.45) is 0 Å². The highest BCUT2D eigenvalue weighted by Crippen LogP contribution is 2.32. The molecule has 3 aromatic rings. The van der Waals surface area contributed by atoms with E-state index < -0.39 is 0 Å². The molecular weight excluding hydrogens is 476 g/mol. The number of nitrogens with one attached hydrogen (secondary N) is 1. The maximum atomic E-state index is 12.9. The second-order valence-electron chi connectivity index (χ2n) is 7.80. The van der Waals surface area contributed by atoms with Gasteiger partial charge in [0.2, 0.25) is 0 Å². The molecule has 4 rings (SSSR count). The van der Waals surface area contributed by atoms with Crippen molar-refractivity contribution in [1.82, 2.24) is 15.0 Å². The van der Waals surface area contributed by atoms with Crippen LogP contribution in [0.25, 0.3) is 0 Å². The van der Waals surface area contributed by atoms with Crippen molar-refractivity contribution in [3.05, 3.63) is 56.8 Å². The Morgan fingerprint density at radius 2 is 1.90 bits per heavy atom. The van der Waals surface area contributed by atoms with Gasteiger partial charge in [0, 0.05) is 38.6 Å². The zero-order valence-corrected chi connectivity index (χ0v) is 20.2. The summed E-state index contributed by atoms with van der Waals surface area (Å²) in [6.45, 7) is 9.59. The monoisotopic (exact) mass is 500 g/mol. The number of anilines is 3. The fourth-order valence-electron chi connectivity index (χ4n) is 3.66. The second kappa shape index (κ2) is 9.32. The van der Waals surface area contributed by atoms with Crippen LogP contribution in [0.5, 0.6) is 0 Å². The number of rotatable bonds is 5. The van der Waals surface area contributed by atoms with Gasteiger partial charge in [-0.3, -0.25) is 9.78 Å². The lowest BCUT2D eigenvalue weighted by atomic mass is 10.0. The number of thiazole rings is 1. The molecular formula is C22H25BrN6OS. The van der Waals surface area contributed by atoms with E-state index in [1.807, 2.05) is 13.0 Å². The van der Waals surface area contributed by atoms with Crippen LogP contribution in [0, 0.1) is 6.92 Å². The molecule has 1 fully saturated rings. The number of carbonyl (C=O) groups excluding carboxylic acids is 1. The number of aryl methyl sites for hydroxylation is 1. The lowest BCUT2D eigenvalue weighted by Gasteiger charge is -2.37. The van der Waals surface area contributed by atoms with Crippen molar-refractivity contribution < 1.29 is 4.79 Å². The molecule has 162 valence electrons. The molecule has 0 radical (unpaired) electrons. The molecule has 0 spiro atoms. The Kier molecular flexibility index (Phi) is 6.52. The van der Waals surface area contributed by atoms with Crippen LogP contribution in [0.4, 0.5) is 17.2 Å². The van der Waals surface area contributed by atoms with Crippen molar-refractivity contribution in [2.75, 3.05) is 41.3 Å². The molecule has 1 aliphatic heterocycles. The van der Waals surface area contributed by atoms with Crippen LogP contribution in [0.15, 0.2) is 40.7 Å². The molecule has 0 bridgehead atoms. The maximum Gasteiger partial charge on any atom is 0.267 e. The molecule has 0 atom stereocenters. The number of amides is 1. The minimum absolute atomic E-state index is 0.127. The minimum atomic E-state index is -0.127. The number of carbonyl (C=O) groups is 1. The quantitative estimate of drug-likeness (QED) is 0.546. The highest BCUT2D eigenvalue weighted by Gasteiger charge is 2.23. The largest absolute Gasteiger partial charge is 0.366 e. The summed E-state index contributed by atoms with van der Waals surface area (Å²) in [6.07, 6.45) is 5.22. The predicted octanol–water partition coefficient (Wildman–Crippen LogP) is 4.71. The average Bonchev–Trinajstić information content (AvgIpc) is 3.12. The SMILES string of the molecule is Cc1nc(Br)sc1C(=O)Nc1ccc(C(C)C)cc1N1CCN(c2cnccn2)CC1. The van der Waals surface area contributed by atoms with E-state index in [1.54, 1.807) is 18.6 Å². The summed E-state index contributed by atoms with van der Waals surface area (Å²) < 4.78 is 0.714. The van der Waals surface area contributed by atoms with Gasteiger partial charge in [0.15, 0.2) is 3.92 Å². The van der Waals surface area contributed by atoms with E-state index in [-0.39, 0.29) is 5.91 Å². The molecule has 2 aromatic heterocycles. The van der Waals surface area contributed by atoms with E-state index in [0.29, 0.717) is 14.7 Å². The van der Waals surface area contributed by atoms with E-state index in [2.05, 4.69) is 72.0 Å². The van der Waals surface area contributed by atoms with Gasteiger partial charge in [0.05, 0.1) is 23.3 Å². The number of halogens is 1. The van der Waals surface area contributed by atoms with Crippen molar-refractivity contribution in [3.8, 4) is 0 Å². The number of benzene rings is 1. The second-order valence-corrected chi connectivity index (χ2v) is 10.1. The van der Waals surface area contributed by atoms with Gasteiger partial charge in [0.25, 0.3) is 5.91 Å². The Morgan fingerprint density at radius 1 is 1.16 bits per heavy atom. The first kappa shape index (κ1) is 21.7. The fraction of sp³-hybridized carbons (Fsp3) is 0.364. The summed E-state index contributed by atoms with van der Waals surface area (Å²) in [5, 5.41) is 3.12. The number of hydrogen-bond donors (Lipinski definition) is 1. The van der Waals surface area contributed by atoms with Gasteiger partial charge in [-0.2, -0.15) is 0 Å². The third kappa shape index (κ3) is 4.88. The average molecular weight is 501 g/mol. The highest BCUT2D eigenvalue weighted by molar-refractivity contribution is 9.11. The van der Waals surface area contributed by atoms with Gasteiger partial charge in [-0.15, -0.1) is 11.3 Å². The molecule has 1 N–H and O–H groups in total. The van der Waals surface area contributed by atoms with Crippen LogP contribution in [0.2, 0.25) is 0 Å². The smallest absolute Gasteiger partial charge is 0.267 e. The molecule has 9 heteroatoms. The first-order chi connectivity index (χ1) is 14.9. The van der Waals surface area contributed by atoms with Crippen molar-refractivity contribution in [1.29, 1.82) is 0 Å². The maximum absolute atomic E-state index is 12.9. The van der Waals surface area contributed by atoms with Gasteiger partial charge in [0.1, 0.15) is 10.7 Å².